The Morgan fingerprint density at radius 1 is 1.57 bits per heavy atom. The summed E-state index contributed by atoms with van der Waals surface area (Å²) >= 11 is 6.13. The zero-order valence-electron chi connectivity index (χ0n) is 12.1. The molecular weight excluding hydrogens is 288 g/mol. The third-order valence-electron chi connectivity index (χ3n) is 3.32. The number of hydrogen-bond acceptors (Lipinski definition) is 4. The molecule has 1 amide bonds. The van der Waals surface area contributed by atoms with E-state index in [1.54, 1.807) is 17.0 Å². The van der Waals surface area contributed by atoms with Crippen molar-refractivity contribution in [3.63, 3.8) is 0 Å². The summed E-state index contributed by atoms with van der Waals surface area (Å²) in [6.07, 6.45) is 3.28. The van der Waals surface area contributed by atoms with Crippen molar-refractivity contribution in [2.45, 2.75) is 38.6 Å². The summed E-state index contributed by atoms with van der Waals surface area (Å²) in [5.41, 5.74) is 0.266. The summed E-state index contributed by atoms with van der Waals surface area (Å²) in [7, 11) is 0. The highest BCUT2D eigenvalue weighted by Gasteiger charge is 2.34. The first-order valence-electron chi connectivity index (χ1n) is 7.25. The summed E-state index contributed by atoms with van der Waals surface area (Å²) in [5, 5.41) is 12.2. The highest BCUT2D eigenvalue weighted by Crippen LogP contribution is 2.29. The van der Waals surface area contributed by atoms with Gasteiger partial charge in [0.2, 0.25) is 0 Å². The number of rotatable bonds is 7. The van der Waals surface area contributed by atoms with Gasteiger partial charge in [0.25, 0.3) is 5.91 Å². The Bertz CT molecular complexity index is 551. The van der Waals surface area contributed by atoms with Crippen LogP contribution in [0.2, 0.25) is 5.02 Å². The van der Waals surface area contributed by atoms with Gasteiger partial charge in [-0.05, 0) is 31.4 Å². The SMILES string of the molecule is CCCNc1ccc(Cl)c(C(=O)N(CCC#N)C2CC2)n1. The molecular formula is C15H19ClN4O. The van der Waals surface area contributed by atoms with E-state index < -0.39 is 0 Å². The van der Waals surface area contributed by atoms with E-state index in [0.29, 0.717) is 23.8 Å². The summed E-state index contributed by atoms with van der Waals surface area (Å²) in [6.45, 7) is 3.29. The van der Waals surface area contributed by atoms with Gasteiger partial charge in [-0.15, -0.1) is 0 Å². The normalized spacial score (nSPS) is 13.6. The van der Waals surface area contributed by atoms with Gasteiger partial charge in [0.15, 0.2) is 0 Å². The van der Waals surface area contributed by atoms with Gasteiger partial charge in [-0.2, -0.15) is 5.26 Å². The number of halogens is 1. The largest absolute Gasteiger partial charge is 0.370 e. The van der Waals surface area contributed by atoms with Crippen LogP contribution >= 0.6 is 11.6 Å². The fraction of sp³-hybridized carbons (Fsp3) is 0.533. The van der Waals surface area contributed by atoms with Crippen LogP contribution in [0.3, 0.4) is 0 Å². The van der Waals surface area contributed by atoms with Gasteiger partial charge in [-0.25, -0.2) is 4.98 Å². The van der Waals surface area contributed by atoms with Crippen molar-refractivity contribution in [1.29, 1.82) is 5.26 Å². The smallest absolute Gasteiger partial charge is 0.274 e. The number of amides is 1. The molecule has 0 unspecified atom stereocenters. The lowest BCUT2D eigenvalue weighted by molar-refractivity contribution is 0.0741. The molecule has 1 fully saturated rings. The second-order valence-corrected chi connectivity index (χ2v) is 5.50. The molecule has 0 radical (unpaired) electrons. The first-order chi connectivity index (χ1) is 10.2. The molecule has 5 nitrogen and oxygen atoms in total. The lowest BCUT2D eigenvalue weighted by Crippen LogP contribution is -2.34. The maximum absolute atomic E-state index is 12.6. The molecule has 0 bridgehead atoms. The Morgan fingerprint density at radius 2 is 2.33 bits per heavy atom. The number of nitrogens with zero attached hydrogens (tertiary/aromatic N) is 3. The Morgan fingerprint density at radius 3 is 2.95 bits per heavy atom. The van der Waals surface area contributed by atoms with Crippen LogP contribution in [0, 0.1) is 11.3 Å². The topological polar surface area (TPSA) is 69.0 Å². The number of carbonyl (C=O) groups is 1. The third-order valence-corrected chi connectivity index (χ3v) is 3.62. The summed E-state index contributed by atoms with van der Waals surface area (Å²) in [4.78, 5) is 18.7. The Labute approximate surface area is 129 Å². The minimum Gasteiger partial charge on any atom is -0.370 e. The van der Waals surface area contributed by atoms with Gasteiger partial charge in [0.05, 0.1) is 17.5 Å². The molecule has 1 aliphatic rings. The van der Waals surface area contributed by atoms with Crippen molar-refractivity contribution in [3.05, 3.63) is 22.8 Å². The molecule has 6 heteroatoms. The second-order valence-electron chi connectivity index (χ2n) is 5.09. The summed E-state index contributed by atoms with van der Waals surface area (Å²) in [5.74, 6) is 0.471. The van der Waals surface area contributed by atoms with Crippen LogP contribution in [-0.2, 0) is 0 Å². The van der Waals surface area contributed by atoms with Gasteiger partial charge in [-0.1, -0.05) is 18.5 Å². The minimum absolute atomic E-state index is 0.183. The minimum atomic E-state index is -0.183. The maximum Gasteiger partial charge on any atom is 0.274 e. The van der Waals surface area contributed by atoms with Gasteiger partial charge in [0.1, 0.15) is 11.5 Å². The Hall–Kier alpha value is -1.80. The standard InChI is InChI=1S/C15H19ClN4O/c1-2-9-18-13-7-6-12(16)14(19-13)15(21)20(10-3-8-17)11-4-5-11/h6-7,11H,2-5,9-10H2,1H3,(H,18,19). The van der Waals surface area contributed by atoms with Crippen LogP contribution in [0.4, 0.5) is 5.82 Å². The zero-order valence-corrected chi connectivity index (χ0v) is 12.9. The first-order valence-corrected chi connectivity index (χ1v) is 7.63. The number of nitriles is 1. The lowest BCUT2D eigenvalue weighted by Gasteiger charge is -2.21. The molecule has 0 aliphatic heterocycles. The molecule has 0 spiro atoms. The third kappa shape index (κ3) is 4.08. The quantitative estimate of drug-likeness (QED) is 0.840. The van der Waals surface area contributed by atoms with Gasteiger partial charge < -0.3 is 10.2 Å². The number of pyridine rings is 1. The molecule has 0 atom stereocenters. The average Bonchev–Trinajstić information content (AvgIpc) is 3.31. The van der Waals surface area contributed by atoms with E-state index >= 15 is 0 Å². The van der Waals surface area contributed by atoms with E-state index in [4.69, 9.17) is 16.9 Å². The van der Waals surface area contributed by atoms with Crippen molar-refractivity contribution in [3.8, 4) is 6.07 Å². The molecule has 1 N–H and O–H groups in total. The van der Waals surface area contributed by atoms with Crippen LogP contribution < -0.4 is 5.32 Å². The van der Waals surface area contributed by atoms with E-state index in [2.05, 4.69) is 23.3 Å². The number of carbonyl (C=O) groups excluding carboxylic acids is 1. The summed E-state index contributed by atoms with van der Waals surface area (Å²) in [6, 6.07) is 5.77. The monoisotopic (exact) mass is 306 g/mol. The van der Waals surface area contributed by atoms with Crippen LogP contribution in [0.15, 0.2) is 12.1 Å². The fourth-order valence-corrected chi connectivity index (χ4v) is 2.27. The van der Waals surface area contributed by atoms with E-state index in [-0.39, 0.29) is 17.6 Å². The molecule has 21 heavy (non-hydrogen) atoms. The second kappa shape index (κ2) is 7.28. The van der Waals surface area contributed by atoms with Crippen LogP contribution in [0.5, 0.6) is 0 Å². The van der Waals surface area contributed by atoms with Gasteiger partial charge in [-0.3, -0.25) is 4.79 Å². The Kier molecular flexibility index (Phi) is 5.40. The number of nitrogens with one attached hydrogen (secondary N) is 1. The molecule has 0 aromatic carbocycles. The Balaban J connectivity index is 2.17. The first kappa shape index (κ1) is 15.6. The molecule has 2 rings (SSSR count). The van der Waals surface area contributed by atoms with Crippen molar-refractivity contribution < 1.29 is 4.79 Å². The van der Waals surface area contributed by atoms with Crippen molar-refractivity contribution >= 4 is 23.3 Å². The predicted molar refractivity (Wildman–Crippen MR) is 82.3 cm³/mol. The zero-order chi connectivity index (χ0) is 15.2. The molecule has 1 aliphatic carbocycles. The van der Waals surface area contributed by atoms with Gasteiger partial charge >= 0.3 is 0 Å². The highest BCUT2D eigenvalue weighted by atomic mass is 35.5. The van der Waals surface area contributed by atoms with Gasteiger partial charge in [0, 0.05) is 19.1 Å². The van der Waals surface area contributed by atoms with E-state index in [1.165, 1.54) is 0 Å². The van der Waals surface area contributed by atoms with E-state index in [0.717, 1.165) is 25.8 Å². The van der Waals surface area contributed by atoms with Crippen LogP contribution in [0.25, 0.3) is 0 Å². The van der Waals surface area contributed by atoms with Crippen molar-refractivity contribution in [2.24, 2.45) is 0 Å². The average molecular weight is 307 g/mol. The van der Waals surface area contributed by atoms with Crippen LogP contribution in [0.1, 0.15) is 43.1 Å². The highest BCUT2D eigenvalue weighted by molar-refractivity contribution is 6.33. The maximum atomic E-state index is 12.6. The molecule has 1 saturated carbocycles. The number of aromatic nitrogens is 1. The van der Waals surface area contributed by atoms with Crippen LogP contribution in [-0.4, -0.2) is 34.9 Å². The fourth-order valence-electron chi connectivity index (χ4n) is 2.09. The van der Waals surface area contributed by atoms with E-state index in [1.807, 2.05) is 0 Å². The molecule has 1 heterocycles. The van der Waals surface area contributed by atoms with E-state index in [9.17, 15) is 4.79 Å². The lowest BCUT2D eigenvalue weighted by atomic mass is 10.2. The van der Waals surface area contributed by atoms with Crippen molar-refractivity contribution in [1.82, 2.24) is 9.88 Å². The molecule has 0 saturated heterocycles. The summed E-state index contributed by atoms with van der Waals surface area (Å²) < 4.78 is 0. The molecule has 1 aromatic rings. The number of anilines is 1. The predicted octanol–water partition coefficient (Wildman–Crippen LogP) is 3.08. The van der Waals surface area contributed by atoms with Crippen molar-refractivity contribution in [2.75, 3.05) is 18.4 Å². The number of hydrogen-bond donors (Lipinski definition) is 1. The molecule has 1 aromatic heterocycles. The molecule has 112 valence electrons.